The quantitative estimate of drug-likeness (QED) is 0.697. The van der Waals surface area contributed by atoms with E-state index in [-0.39, 0.29) is 17.4 Å². The number of ether oxygens (including phenoxy) is 3. The number of hydrogen-bond donors (Lipinski definition) is 0. The second-order valence-electron chi connectivity index (χ2n) is 8.39. The van der Waals surface area contributed by atoms with E-state index < -0.39 is 0 Å². The molecule has 0 heterocycles. The molecule has 1 fully saturated rings. The second kappa shape index (κ2) is 9.18. The Morgan fingerprint density at radius 3 is 2.25 bits per heavy atom. The fourth-order valence-electron chi connectivity index (χ4n) is 4.52. The molecule has 1 amide bonds. The van der Waals surface area contributed by atoms with Crippen LogP contribution in [0.5, 0.6) is 17.2 Å². The minimum Gasteiger partial charge on any atom is -0.493 e. The molecule has 1 aromatic rings. The molecule has 0 N–H and O–H groups in total. The lowest BCUT2D eigenvalue weighted by atomic mass is 9.70. The van der Waals surface area contributed by atoms with E-state index in [2.05, 4.69) is 26.8 Å². The summed E-state index contributed by atoms with van der Waals surface area (Å²) in [6, 6.07) is 5.65. The summed E-state index contributed by atoms with van der Waals surface area (Å²) in [5.41, 5.74) is 0.645. The molecule has 0 aliphatic heterocycles. The summed E-state index contributed by atoms with van der Waals surface area (Å²) in [5, 5.41) is 9.11. The molecule has 1 aliphatic rings. The zero-order chi connectivity index (χ0) is 20.9. The van der Waals surface area contributed by atoms with Crippen molar-refractivity contribution in [2.24, 2.45) is 11.3 Å². The molecule has 0 bridgehead atoms. The third-order valence-corrected chi connectivity index (χ3v) is 5.44. The van der Waals surface area contributed by atoms with Crippen LogP contribution < -0.4 is 14.2 Å². The van der Waals surface area contributed by atoms with E-state index in [1.165, 1.54) is 21.3 Å². The predicted molar refractivity (Wildman–Crippen MR) is 108 cm³/mol. The van der Waals surface area contributed by atoms with E-state index in [9.17, 15) is 4.79 Å². The van der Waals surface area contributed by atoms with Crippen molar-refractivity contribution >= 4 is 5.91 Å². The third-order valence-electron chi connectivity index (χ3n) is 5.44. The van der Waals surface area contributed by atoms with Gasteiger partial charge in [0.2, 0.25) is 5.75 Å². The number of rotatable bonds is 7. The van der Waals surface area contributed by atoms with E-state index >= 15 is 0 Å². The first-order valence-corrected chi connectivity index (χ1v) is 9.74. The van der Waals surface area contributed by atoms with E-state index in [0.717, 1.165) is 19.3 Å². The fraction of sp³-hybridized carbons (Fsp3) is 0.636. The minimum atomic E-state index is -0.107. The van der Waals surface area contributed by atoms with Crippen LogP contribution in [0.15, 0.2) is 12.1 Å². The molecule has 6 heteroatoms. The van der Waals surface area contributed by atoms with E-state index in [0.29, 0.717) is 41.7 Å². The van der Waals surface area contributed by atoms with Gasteiger partial charge in [0.1, 0.15) is 0 Å². The number of amides is 1. The van der Waals surface area contributed by atoms with Gasteiger partial charge in [-0.05, 0) is 42.7 Å². The second-order valence-corrected chi connectivity index (χ2v) is 8.39. The minimum absolute atomic E-state index is 0.107. The summed E-state index contributed by atoms with van der Waals surface area (Å²) in [4.78, 5) is 15.3. The smallest absolute Gasteiger partial charge is 0.254 e. The van der Waals surface area contributed by atoms with E-state index in [1.54, 1.807) is 12.1 Å². The maximum Gasteiger partial charge on any atom is 0.254 e. The molecule has 28 heavy (non-hydrogen) atoms. The average Bonchev–Trinajstić information content (AvgIpc) is 2.65. The Hall–Kier alpha value is -2.42. The number of benzene rings is 1. The number of methoxy groups -OCH3 is 3. The molecule has 0 spiro atoms. The summed E-state index contributed by atoms with van der Waals surface area (Å²) in [7, 11) is 4.60. The Kier molecular flexibility index (Phi) is 7.17. The van der Waals surface area contributed by atoms with Gasteiger partial charge in [-0.15, -0.1) is 0 Å². The molecule has 1 aromatic carbocycles. The molecule has 1 aliphatic carbocycles. The van der Waals surface area contributed by atoms with Crippen LogP contribution in [0.2, 0.25) is 0 Å². The molecule has 2 rings (SSSR count). The first-order valence-electron chi connectivity index (χ1n) is 9.74. The molecule has 154 valence electrons. The zero-order valence-corrected chi connectivity index (χ0v) is 17.9. The maximum atomic E-state index is 13.5. The first-order chi connectivity index (χ1) is 13.3. The van der Waals surface area contributed by atoms with Gasteiger partial charge in [0, 0.05) is 18.2 Å². The third kappa shape index (κ3) is 4.89. The van der Waals surface area contributed by atoms with E-state index in [1.807, 2.05) is 4.90 Å². The number of hydrogen-bond acceptors (Lipinski definition) is 5. The Bertz CT molecular complexity index is 714. The number of nitriles is 1. The predicted octanol–water partition coefficient (Wildman–Crippen LogP) is 4.28. The first kappa shape index (κ1) is 21.9. The Morgan fingerprint density at radius 2 is 1.79 bits per heavy atom. The van der Waals surface area contributed by atoms with Gasteiger partial charge in [-0.3, -0.25) is 4.79 Å². The van der Waals surface area contributed by atoms with Gasteiger partial charge in [-0.2, -0.15) is 5.26 Å². The SMILES string of the molecule is COc1cc(C(=O)N(CCC#N)[C@@H]2C[C@@H](C)CC(C)(C)C2)cc(OC)c1OC. The monoisotopic (exact) mass is 388 g/mol. The highest BCUT2D eigenvalue weighted by molar-refractivity contribution is 5.96. The Morgan fingerprint density at radius 1 is 1.18 bits per heavy atom. The van der Waals surface area contributed by atoms with Crippen molar-refractivity contribution in [3.05, 3.63) is 17.7 Å². The summed E-state index contributed by atoms with van der Waals surface area (Å²) >= 11 is 0. The lowest BCUT2D eigenvalue weighted by Crippen LogP contribution is -2.46. The highest BCUT2D eigenvalue weighted by Crippen LogP contribution is 2.42. The fourth-order valence-corrected chi connectivity index (χ4v) is 4.52. The molecule has 0 saturated heterocycles. The zero-order valence-electron chi connectivity index (χ0n) is 17.9. The van der Waals surface area contributed by atoms with Gasteiger partial charge in [-0.25, -0.2) is 0 Å². The molecule has 0 radical (unpaired) electrons. The number of nitrogens with zero attached hydrogens (tertiary/aromatic N) is 2. The Balaban J connectivity index is 2.41. The van der Waals surface area contributed by atoms with Crippen LogP contribution in [0, 0.1) is 22.7 Å². The van der Waals surface area contributed by atoms with Gasteiger partial charge in [0.25, 0.3) is 5.91 Å². The van der Waals surface area contributed by atoms with Crippen LogP contribution in [0.1, 0.15) is 56.8 Å². The largest absolute Gasteiger partial charge is 0.493 e. The van der Waals surface area contributed by atoms with Crippen molar-refractivity contribution in [2.45, 2.75) is 52.5 Å². The molecule has 0 unspecified atom stereocenters. The normalized spacial score (nSPS) is 20.8. The van der Waals surface area contributed by atoms with Crippen LogP contribution in [0.25, 0.3) is 0 Å². The lowest BCUT2D eigenvalue weighted by molar-refractivity contribution is 0.0451. The average molecular weight is 389 g/mol. The van der Waals surface area contributed by atoms with Crippen LogP contribution in [-0.4, -0.2) is 44.7 Å². The lowest BCUT2D eigenvalue weighted by Gasteiger charge is -2.44. The highest BCUT2D eigenvalue weighted by atomic mass is 16.5. The van der Waals surface area contributed by atoms with Gasteiger partial charge < -0.3 is 19.1 Å². The van der Waals surface area contributed by atoms with Crippen LogP contribution in [0.4, 0.5) is 0 Å². The van der Waals surface area contributed by atoms with Crippen LogP contribution in [0.3, 0.4) is 0 Å². The molecular weight excluding hydrogens is 356 g/mol. The van der Waals surface area contributed by atoms with Gasteiger partial charge in [0.15, 0.2) is 11.5 Å². The van der Waals surface area contributed by atoms with Crippen LogP contribution >= 0.6 is 0 Å². The molecule has 1 saturated carbocycles. The van der Waals surface area contributed by atoms with Gasteiger partial charge >= 0.3 is 0 Å². The summed E-state index contributed by atoms with van der Waals surface area (Å²) in [6.07, 6.45) is 3.33. The van der Waals surface area contributed by atoms with Crippen molar-refractivity contribution in [2.75, 3.05) is 27.9 Å². The molecular formula is C22H32N2O4. The standard InChI is InChI=1S/C22H32N2O4/c1-15-10-17(14-22(2,3)13-15)24(9-7-8-23)21(25)16-11-18(26-4)20(28-6)19(12-16)27-5/h11-12,15,17H,7,9-10,13-14H2,1-6H3/t15-,17-/m1/s1. The van der Waals surface area contributed by atoms with E-state index in [4.69, 9.17) is 19.5 Å². The van der Waals surface area contributed by atoms with Crippen molar-refractivity contribution < 1.29 is 19.0 Å². The summed E-state index contributed by atoms with van der Waals surface area (Å²) < 4.78 is 16.2. The maximum absolute atomic E-state index is 13.5. The van der Waals surface area contributed by atoms with Crippen molar-refractivity contribution in [3.63, 3.8) is 0 Å². The topological polar surface area (TPSA) is 71.8 Å². The van der Waals surface area contributed by atoms with Gasteiger partial charge in [-0.1, -0.05) is 20.8 Å². The highest BCUT2D eigenvalue weighted by Gasteiger charge is 2.37. The van der Waals surface area contributed by atoms with Gasteiger partial charge in [0.05, 0.1) is 33.8 Å². The Labute approximate surface area is 168 Å². The molecule has 6 nitrogen and oxygen atoms in total. The summed E-state index contributed by atoms with van der Waals surface area (Å²) in [5.74, 6) is 1.78. The molecule has 2 atom stereocenters. The van der Waals surface area contributed by atoms with Crippen molar-refractivity contribution in [1.29, 1.82) is 5.26 Å². The summed E-state index contributed by atoms with van der Waals surface area (Å²) in [6.45, 7) is 7.16. The number of carbonyl (C=O) groups is 1. The van der Waals surface area contributed by atoms with Crippen LogP contribution in [-0.2, 0) is 0 Å². The molecule has 0 aromatic heterocycles. The van der Waals surface area contributed by atoms with Crippen molar-refractivity contribution in [1.82, 2.24) is 4.90 Å². The number of carbonyl (C=O) groups excluding carboxylic acids is 1. The van der Waals surface area contributed by atoms with Crippen molar-refractivity contribution in [3.8, 4) is 23.3 Å².